The van der Waals surface area contributed by atoms with E-state index in [4.69, 9.17) is 9.84 Å². The van der Waals surface area contributed by atoms with Crippen LogP contribution in [0.1, 0.15) is 31.3 Å². The summed E-state index contributed by atoms with van der Waals surface area (Å²) < 4.78 is 5.05. The van der Waals surface area contributed by atoms with Crippen molar-refractivity contribution in [2.75, 3.05) is 38.3 Å². The number of methoxy groups -OCH3 is 1. The molecule has 0 aliphatic rings. The molecule has 6 nitrogen and oxygen atoms in total. The molecule has 1 heterocycles. The van der Waals surface area contributed by atoms with E-state index in [0.29, 0.717) is 31.2 Å². The second-order valence-corrected chi connectivity index (χ2v) is 4.58. The Morgan fingerprint density at radius 3 is 2.58 bits per heavy atom. The van der Waals surface area contributed by atoms with E-state index in [0.717, 1.165) is 5.69 Å². The van der Waals surface area contributed by atoms with E-state index in [1.54, 1.807) is 13.3 Å². The van der Waals surface area contributed by atoms with Crippen molar-refractivity contribution >= 4 is 5.69 Å². The number of rotatable bonds is 8. The minimum Gasteiger partial charge on any atom is -0.395 e. The summed E-state index contributed by atoms with van der Waals surface area (Å²) in [6.45, 7) is 5.51. The van der Waals surface area contributed by atoms with Gasteiger partial charge < -0.3 is 19.8 Å². The third-order valence-corrected chi connectivity index (χ3v) is 2.81. The van der Waals surface area contributed by atoms with Crippen molar-refractivity contribution in [3.8, 4) is 0 Å². The molecular formula is C13H23N3O3. The standard InChI is InChI=1S/C13H23N3O3/c1-10(2)13-14-8-12(11(9-18)15-13)16(4-6-17)5-7-19-3/h8,10,17-18H,4-7,9H2,1-3H3. The molecule has 0 fully saturated rings. The van der Waals surface area contributed by atoms with E-state index in [1.807, 2.05) is 18.7 Å². The summed E-state index contributed by atoms with van der Waals surface area (Å²) in [5, 5.41) is 18.6. The molecule has 0 unspecified atom stereocenters. The molecule has 0 amide bonds. The molecule has 0 spiro atoms. The van der Waals surface area contributed by atoms with Gasteiger partial charge in [-0.25, -0.2) is 9.97 Å². The van der Waals surface area contributed by atoms with E-state index in [2.05, 4.69) is 9.97 Å². The zero-order valence-electron chi connectivity index (χ0n) is 11.8. The van der Waals surface area contributed by atoms with Crippen LogP contribution in [-0.4, -0.2) is 53.6 Å². The van der Waals surface area contributed by atoms with Gasteiger partial charge >= 0.3 is 0 Å². The van der Waals surface area contributed by atoms with E-state index in [1.165, 1.54) is 0 Å². The lowest BCUT2D eigenvalue weighted by molar-refractivity contribution is 0.202. The van der Waals surface area contributed by atoms with Gasteiger partial charge in [0.1, 0.15) is 5.82 Å². The van der Waals surface area contributed by atoms with Gasteiger partial charge in [-0.15, -0.1) is 0 Å². The molecular weight excluding hydrogens is 246 g/mol. The van der Waals surface area contributed by atoms with Crippen molar-refractivity contribution in [2.24, 2.45) is 0 Å². The van der Waals surface area contributed by atoms with Crippen molar-refractivity contribution in [2.45, 2.75) is 26.4 Å². The Labute approximate surface area is 114 Å². The predicted octanol–water partition coefficient (Wildman–Crippen LogP) is 0.537. The molecule has 1 aromatic heterocycles. The van der Waals surface area contributed by atoms with E-state index < -0.39 is 0 Å². The molecule has 0 atom stereocenters. The second kappa shape index (κ2) is 8.04. The molecule has 1 aromatic rings. The van der Waals surface area contributed by atoms with Crippen molar-refractivity contribution in [1.82, 2.24) is 9.97 Å². The first-order valence-corrected chi connectivity index (χ1v) is 6.45. The van der Waals surface area contributed by atoms with Crippen LogP contribution in [0.3, 0.4) is 0 Å². The summed E-state index contributed by atoms with van der Waals surface area (Å²) in [5.74, 6) is 0.924. The zero-order chi connectivity index (χ0) is 14.3. The van der Waals surface area contributed by atoms with Gasteiger partial charge in [0.05, 0.1) is 37.4 Å². The number of anilines is 1. The highest BCUT2D eigenvalue weighted by molar-refractivity contribution is 5.49. The van der Waals surface area contributed by atoms with Crippen LogP contribution in [-0.2, 0) is 11.3 Å². The average molecular weight is 269 g/mol. The maximum Gasteiger partial charge on any atom is 0.131 e. The molecule has 0 saturated carbocycles. The zero-order valence-corrected chi connectivity index (χ0v) is 11.8. The molecule has 0 aromatic carbocycles. The number of hydrogen-bond acceptors (Lipinski definition) is 6. The Balaban J connectivity index is 3.00. The van der Waals surface area contributed by atoms with E-state index in [-0.39, 0.29) is 19.1 Å². The van der Waals surface area contributed by atoms with Crippen molar-refractivity contribution in [3.05, 3.63) is 17.7 Å². The molecule has 0 radical (unpaired) electrons. The molecule has 19 heavy (non-hydrogen) atoms. The number of aliphatic hydroxyl groups excluding tert-OH is 2. The van der Waals surface area contributed by atoms with Crippen LogP contribution in [0, 0.1) is 0 Å². The first-order chi connectivity index (χ1) is 9.13. The van der Waals surface area contributed by atoms with Crippen molar-refractivity contribution in [1.29, 1.82) is 0 Å². The maximum atomic E-state index is 9.46. The highest BCUT2D eigenvalue weighted by atomic mass is 16.5. The molecule has 0 aliphatic heterocycles. The summed E-state index contributed by atoms with van der Waals surface area (Å²) in [5.41, 5.74) is 1.33. The number of aliphatic hydroxyl groups is 2. The fourth-order valence-electron chi connectivity index (χ4n) is 1.76. The largest absolute Gasteiger partial charge is 0.395 e. The van der Waals surface area contributed by atoms with Gasteiger partial charge in [-0.2, -0.15) is 0 Å². The number of ether oxygens (including phenoxy) is 1. The average Bonchev–Trinajstić information content (AvgIpc) is 2.42. The molecule has 0 saturated heterocycles. The van der Waals surface area contributed by atoms with Crippen molar-refractivity contribution < 1.29 is 14.9 Å². The minimum atomic E-state index is -0.146. The van der Waals surface area contributed by atoms with Crippen LogP contribution in [0.25, 0.3) is 0 Å². The Hall–Kier alpha value is -1.24. The van der Waals surface area contributed by atoms with Crippen LogP contribution in [0.4, 0.5) is 5.69 Å². The Kier molecular flexibility index (Phi) is 6.69. The summed E-state index contributed by atoms with van der Waals surface area (Å²) in [6, 6.07) is 0. The normalized spacial score (nSPS) is 11.1. The topological polar surface area (TPSA) is 78.7 Å². The number of nitrogens with zero attached hydrogens (tertiary/aromatic N) is 3. The third-order valence-electron chi connectivity index (χ3n) is 2.81. The van der Waals surface area contributed by atoms with Crippen LogP contribution in [0.5, 0.6) is 0 Å². The van der Waals surface area contributed by atoms with Gasteiger partial charge in [0, 0.05) is 26.1 Å². The molecule has 2 N–H and O–H groups in total. The lowest BCUT2D eigenvalue weighted by Crippen LogP contribution is -2.31. The summed E-state index contributed by atoms with van der Waals surface area (Å²) in [7, 11) is 1.63. The second-order valence-electron chi connectivity index (χ2n) is 4.58. The minimum absolute atomic E-state index is 0.0283. The first kappa shape index (κ1) is 15.8. The summed E-state index contributed by atoms with van der Waals surface area (Å²) >= 11 is 0. The van der Waals surface area contributed by atoms with Gasteiger partial charge in [0.15, 0.2) is 0 Å². The van der Waals surface area contributed by atoms with Gasteiger partial charge in [-0.1, -0.05) is 13.8 Å². The predicted molar refractivity (Wildman–Crippen MR) is 73.2 cm³/mol. The van der Waals surface area contributed by atoms with Crippen LogP contribution < -0.4 is 4.90 Å². The number of hydrogen-bond donors (Lipinski definition) is 2. The molecule has 1 rings (SSSR count). The Morgan fingerprint density at radius 1 is 1.32 bits per heavy atom. The fraction of sp³-hybridized carbons (Fsp3) is 0.692. The van der Waals surface area contributed by atoms with Gasteiger partial charge in [-0.05, 0) is 0 Å². The highest BCUT2D eigenvalue weighted by Gasteiger charge is 2.14. The number of aromatic nitrogens is 2. The van der Waals surface area contributed by atoms with Crippen LogP contribution in [0.15, 0.2) is 6.20 Å². The molecule has 0 aliphatic carbocycles. The van der Waals surface area contributed by atoms with Crippen LogP contribution >= 0.6 is 0 Å². The van der Waals surface area contributed by atoms with Gasteiger partial charge in [0.2, 0.25) is 0 Å². The Bertz CT molecular complexity index is 385. The van der Waals surface area contributed by atoms with Gasteiger partial charge in [0.25, 0.3) is 0 Å². The Morgan fingerprint density at radius 2 is 2.05 bits per heavy atom. The van der Waals surface area contributed by atoms with E-state index in [9.17, 15) is 5.11 Å². The molecule has 6 heteroatoms. The summed E-state index contributed by atoms with van der Waals surface area (Å²) in [4.78, 5) is 10.6. The van der Waals surface area contributed by atoms with Gasteiger partial charge in [-0.3, -0.25) is 0 Å². The SMILES string of the molecule is COCCN(CCO)c1cnc(C(C)C)nc1CO. The first-order valence-electron chi connectivity index (χ1n) is 6.45. The molecule has 0 bridgehead atoms. The van der Waals surface area contributed by atoms with Crippen LogP contribution in [0.2, 0.25) is 0 Å². The highest BCUT2D eigenvalue weighted by Crippen LogP contribution is 2.20. The lowest BCUT2D eigenvalue weighted by Gasteiger charge is -2.25. The quantitative estimate of drug-likeness (QED) is 0.717. The van der Waals surface area contributed by atoms with Crippen molar-refractivity contribution in [3.63, 3.8) is 0 Å². The third kappa shape index (κ3) is 4.41. The van der Waals surface area contributed by atoms with E-state index >= 15 is 0 Å². The monoisotopic (exact) mass is 269 g/mol. The summed E-state index contributed by atoms with van der Waals surface area (Å²) in [6.07, 6.45) is 1.71. The lowest BCUT2D eigenvalue weighted by atomic mass is 10.2. The maximum absolute atomic E-state index is 9.46. The smallest absolute Gasteiger partial charge is 0.131 e. The molecule has 108 valence electrons. The fourth-order valence-corrected chi connectivity index (χ4v) is 1.76.